The minimum absolute atomic E-state index is 0.00257. The lowest BCUT2D eigenvalue weighted by Gasteiger charge is -2.33. The van der Waals surface area contributed by atoms with Crippen molar-refractivity contribution in [2.24, 2.45) is 34.1 Å². The van der Waals surface area contributed by atoms with Crippen molar-refractivity contribution in [1.82, 2.24) is 29.9 Å². The number of primary amides is 2. The molecule has 4 aromatic rings. The molecule has 2 aliphatic heterocycles. The van der Waals surface area contributed by atoms with Gasteiger partial charge < -0.3 is 30.7 Å². The molecule has 6 rings (SSSR count). The van der Waals surface area contributed by atoms with E-state index in [2.05, 4.69) is 129 Å². The first-order valence-corrected chi connectivity index (χ1v) is 20.3. The number of hydrogen-bond acceptors (Lipinski definition) is 10. The van der Waals surface area contributed by atoms with Crippen molar-refractivity contribution in [1.29, 1.82) is 0 Å². The standard InChI is InChI=1S/C21H31N5O2.C13H18BrN3O.C8H14N2O/c1-14-11-21(5,6)25(12-14)19-15(18(22)27)7-8-16(23-19)26-10-9-17(24-26)28-13-20(2,3)4;1-8-6-13(2,3)17(7-8)12-9(11(15)18)4-5-10(14)16-12;1-8(2,3)6-11-7-4-5-9-10-7/h7-10,14H,11-13H2,1-6H3,(H2,22,27);4-5,8H,6-7H2,1-3H3,(H2,15,18);4-5H,6H2,1-3H3,(H,9,10)/t14-;8-;/m00./s1. The summed E-state index contributed by atoms with van der Waals surface area (Å²) in [5.41, 5.74) is 12.1. The van der Waals surface area contributed by atoms with E-state index in [1.165, 1.54) is 0 Å². The van der Waals surface area contributed by atoms with Crippen LogP contribution in [0.2, 0.25) is 0 Å². The molecule has 2 amide bonds. The fourth-order valence-corrected chi connectivity index (χ4v) is 7.43. The van der Waals surface area contributed by atoms with Crippen molar-refractivity contribution in [2.75, 3.05) is 36.1 Å². The van der Waals surface area contributed by atoms with E-state index in [4.69, 9.17) is 25.9 Å². The Morgan fingerprint density at radius 3 is 1.75 bits per heavy atom. The molecule has 2 saturated heterocycles. The number of pyridine rings is 2. The number of carbonyl (C=O) groups excluding carboxylic acids is 2. The monoisotopic (exact) mass is 850 g/mol. The molecule has 6 heterocycles. The molecule has 5 N–H and O–H groups in total. The van der Waals surface area contributed by atoms with Crippen LogP contribution in [0, 0.1) is 22.7 Å². The van der Waals surface area contributed by atoms with Gasteiger partial charge in [-0.25, -0.2) is 19.7 Å². The van der Waals surface area contributed by atoms with Gasteiger partial charge in [0.2, 0.25) is 11.8 Å². The van der Waals surface area contributed by atoms with E-state index in [9.17, 15) is 9.59 Å². The molecular weight excluding hydrogens is 788 g/mol. The topological polar surface area (TPSA) is 183 Å². The predicted octanol–water partition coefficient (Wildman–Crippen LogP) is 7.82. The number of carbonyl (C=O) groups is 2. The number of nitrogens with two attached hydrogens (primary N) is 2. The summed E-state index contributed by atoms with van der Waals surface area (Å²) in [7, 11) is 0. The Bertz CT molecular complexity index is 1960. The number of nitrogens with zero attached hydrogens (tertiary/aromatic N) is 7. The average molecular weight is 852 g/mol. The molecule has 2 aliphatic rings. The van der Waals surface area contributed by atoms with Gasteiger partial charge in [0.15, 0.2) is 5.82 Å². The molecule has 0 spiro atoms. The lowest BCUT2D eigenvalue weighted by atomic mass is 9.97. The predicted molar refractivity (Wildman–Crippen MR) is 229 cm³/mol. The second-order valence-corrected chi connectivity index (χ2v) is 19.8. The van der Waals surface area contributed by atoms with Gasteiger partial charge in [-0.05, 0) is 103 Å². The van der Waals surface area contributed by atoms with Crippen LogP contribution in [0.4, 0.5) is 11.6 Å². The molecule has 0 radical (unpaired) electrons. The van der Waals surface area contributed by atoms with Gasteiger partial charge in [0.05, 0.1) is 30.5 Å². The van der Waals surface area contributed by atoms with E-state index in [0.29, 0.717) is 59.5 Å². The molecule has 0 unspecified atom stereocenters. The van der Waals surface area contributed by atoms with E-state index in [1.807, 2.05) is 18.3 Å². The first-order valence-electron chi connectivity index (χ1n) is 19.5. The number of nitrogens with one attached hydrogen (secondary N) is 1. The summed E-state index contributed by atoms with van der Waals surface area (Å²) in [4.78, 5) is 37.1. The highest BCUT2D eigenvalue weighted by molar-refractivity contribution is 9.10. The van der Waals surface area contributed by atoms with Gasteiger partial charge in [0, 0.05) is 42.5 Å². The number of anilines is 2. The molecule has 2 fully saturated rings. The number of halogens is 1. The van der Waals surface area contributed by atoms with Crippen LogP contribution in [0.5, 0.6) is 11.8 Å². The Hall–Kier alpha value is -4.66. The van der Waals surface area contributed by atoms with Crippen LogP contribution < -0.4 is 30.7 Å². The second-order valence-electron chi connectivity index (χ2n) is 19.0. The van der Waals surface area contributed by atoms with Gasteiger partial charge in [0.1, 0.15) is 16.2 Å². The summed E-state index contributed by atoms with van der Waals surface area (Å²) in [6.45, 7) is 28.8. The lowest BCUT2D eigenvalue weighted by molar-refractivity contribution is 0.0991. The van der Waals surface area contributed by atoms with E-state index in [-0.39, 0.29) is 21.9 Å². The summed E-state index contributed by atoms with van der Waals surface area (Å²) in [6, 6.07) is 10.6. The molecule has 14 nitrogen and oxygen atoms in total. The number of aromatic amines is 1. The Balaban J connectivity index is 0.000000211. The smallest absolute Gasteiger partial charge is 0.252 e. The third kappa shape index (κ3) is 12.7. The van der Waals surface area contributed by atoms with E-state index in [1.54, 1.807) is 35.1 Å². The quantitative estimate of drug-likeness (QED) is 0.140. The average Bonchev–Trinajstić information content (AvgIpc) is 3.88. The third-order valence-electron chi connectivity index (χ3n) is 9.48. The third-order valence-corrected chi connectivity index (χ3v) is 9.92. The van der Waals surface area contributed by atoms with Gasteiger partial charge in [-0.15, -0.1) is 5.10 Å². The van der Waals surface area contributed by atoms with E-state index < -0.39 is 11.8 Å². The maximum absolute atomic E-state index is 12.0. The first-order chi connectivity index (χ1) is 26.3. The van der Waals surface area contributed by atoms with Crippen molar-refractivity contribution < 1.29 is 19.1 Å². The van der Waals surface area contributed by atoms with Crippen molar-refractivity contribution in [3.05, 3.63) is 64.5 Å². The zero-order valence-electron chi connectivity index (χ0n) is 35.8. The van der Waals surface area contributed by atoms with Crippen molar-refractivity contribution in [3.8, 4) is 17.6 Å². The van der Waals surface area contributed by atoms with Crippen LogP contribution in [0.15, 0.2) is 53.4 Å². The minimum atomic E-state index is -0.473. The maximum atomic E-state index is 12.0. The number of aromatic nitrogens is 6. The van der Waals surface area contributed by atoms with Crippen LogP contribution in [0.25, 0.3) is 5.82 Å². The summed E-state index contributed by atoms with van der Waals surface area (Å²) < 4.78 is 13.5. The Morgan fingerprint density at radius 1 is 0.789 bits per heavy atom. The number of rotatable bonds is 9. The van der Waals surface area contributed by atoms with E-state index in [0.717, 1.165) is 36.4 Å². The highest BCUT2D eigenvalue weighted by Gasteiger charge is 2.40. The van der Waals surface area contributed by atoms with Gasteiger partial charge in [-0.3, -0.25) is 9.59 Å². The first kappa shape index (κ1) is 45.0. The Kier molecular flexibility index (Phi) is 14.1. The number of H-pyrrole nitrogens is 1. The van der Waals surface area contributed by atoms with Crippen LogP contribution in [-0.2, 0) is 0 Å². The highest BCUT2D eigenvalue weighted by atomic mass is 79.9. The molecule has 2 atom stereocenters. The molecule has 57 heavy (non-hydrogen) atoms. The fraction of sp³-hybridized carbons (Fsp3) is 0.571. The van der Waals surface area contributed by atoms with Crippen LogP contribution >= 0.6 is 15.9 Å². The minimum Gasteiger partial charge on any atom is -0.477 e. The number of hydrogen-bond donors (Lipinski definition) is 3. The molecule has 15 heteroatoms. The number of ether oxygens (including phenoxy) is 2. The molecule has 312 valence electrons. The normalized spacial score (nSPS) is 18.6. The molecule has 4 aromatic heterocycles. The second kappa shape index (κ2) is 17.9. The molecule has 0 saturated carbocycles. The van der Waals surface area contributed by atoms with Gasteiger partial charge >= 0.3 is 0 Å². The summed E-state index contributed by atoms with van der Waals surface area (Å²) in [6.07, 6.45) is 5.60. The van der Waals surface area contributed by atoms with Gasteiger partial charge in [-0.2, -0.15) is 5.10 Å². The Labute approximate surface area is 346 Å². The van der Waals surface area contributed by atoms with E-state index >= 15 is 0 Å². The molecule has 0 bridgehead atoms. The van der Waals surface area contributed by atoms with Crippen LogP contribution in [0.1, 0.15) is 117 Å². The van der Waals surface area contributed by atoms with Crippen molar-refractivity contribution >= 4 is 39.4 Å². The molecule has 0 aromatic carbocycles. The summed E-state index contributed by atoms with van der Waals surface area (Å²) in [5, 5.41) is 11.0. The number of amides is 2. The van der Waals surface area contributed by atoms with Gasteiger partial charge in [-0.1, -0.05) is 55.4 Å². The fourth-order valence-electron chi connectivity index (χ4n) is 7.13. The van der Waals surface area contributed by atoms with Gasteiger partial charge in [0.25, 0.3) is 11.8 Å². The summed E-state index contributed by atoms with van der Waals surface area (Å²) in [5.74, 6) is 3.41. The SMILES string of the molecule is CC(C)(C)COc1ccn[nH]1.C[C@@H]1CN(c2nc(-n3ccc(OCC(C)(C)C)n3)ccc2C(N)=O)C(C)(C)C1.C[C@@H]1CN(c2nc(Br)ccc2C(N)=O)C(C)(C)C1. The summed E-state index contributed by atoms with van der Waals surface area (Å²) >= 11 is 3.36. The van der Waals surface area contributed by atoms with Crippen molar-refractivity contribution in [3.63, 3.8) is 0 Å². The van der Waals surface area contributed by atoms with Crippen LogP contribution in [0.3, 0.4) is 0 Å². The zero-order chi connectivity index (χ0) is 42.5. The molecule has 0 aliphatic carbocycles. The Morgan fingerprint density at radius 2 is 1.30 bits per heavy atom. The highest BCUT2D eigenvalue weighted by Crippen LogP contribution is 2.39. The van der Waals surface area contributed by atoms with Crippen molar-refractivity contribution in [2.45, 2.75) is 107 Å². The van der Waals surface area contributed by atoms with Crippen LogP contribution in [-0.4, -0.2) is 79.1 Å². The maximum Gasteiger partial charge on any atom is 0.252 e. The lowest BCUT2D eigenvalue weighted by Crippen LogP contribution is -2.40. The largest absolute Gasteiger partial charge is 0.477 e. The molecular formula is C42H63BrN10O4. The zero-order valence-corrected chi connectivity index (χ0v) is 37.4.